The van der Waals surface area contributed by atoms with Crippen LogP contribution in [0.25, 0.3) is 0 Å². The molecule has 182 valence electrons. The van der Waals surface area contributed by atoms with E-state index in [4.69, 9.17) is 0 Å². The highest BCUT2D eigenvalue weighted by atomic mass is 16.2. The lowest BCUT2D eigenvalue weighted by atomic mass is 9.89. The van der Waals surface area contributed by atoms with E-state index in [1.54, 1.807) is 6.20 Å². The van der Waals surface area contributed by atoms with Crippen LogP contribution in [-0.4, -0.2) is 60.5 Å². The second kappa shape index (κ2) is 10.4. The van der Waals surface area contributed by atoms with Crippen LogP contribution in [0.2, 0.25) is 0 Å². The lowest BCUT2D eigenvalue weighted by Gasteiger charge is -2.32. The highest BCUT2D eigenvalue weighted by Gasteiger charge is 2.29. The Kier molecular flexibility index (Phi) is 6.95. The molecule has 0 saturated carbocycles. The quantitative estimate of drug-likeness (QED) is 0.577. The van der Waals surface area contributed by atoms with Crippen LogP contribution in [0.3, 0.4) is 0 Å². The largest absolute Gasteiger partial charge is 0.357 e. The number of hydrogen-bond acceptors (Lipinski definition) is 6. The molecule has 3 aromatic rings. The van der Waals surface area contributed by atoms with Gasteiger partial charge in [-0.05, 0) is 62.0 Å². The third-order valence-corrected chi connectivity index (χ3v) is 7.09. The molecule has 0 spiro atoms. The molecule has 0 unspecified atom stereocenters. The van der Waals surface area contributed by atoms with Gasteiger partial charge in [0.1, 0.15) is 11.4 Å². The molecule has 1 fully saturated rings. The molecule has 2 aromatic carbocycles. The van der Waals surface area contributed by atoms with Gasteiger partial charge in [-0.15, -0.1) is 0 Å². The van der Waals surface area contributed by atoms with Crippen molar-refractivity contribution in [2.24, 2.45) is 0 Å². The van der Waals surface area contributed by atoms with Gasteiger partial charge in [0.25, 0.3) is 5.91 Å². The van der Waals surface area contributed by atoms with Gasteiger partial charge in [-0.2, -0.15) is 4.98 Å². The topological polar surface area (TPSA) is 64.6 Å². The molecule has 3 heterocycles. The zero-order chi connectivity index (χ0) is 24.2. The number of fused-ring (bicyclic) bond motifs is 1. The van der Waals surface area contributed by atoms with Crippen molar-refractivity contribution in [2.45, 2.75) is 32.2 Å². The first-order chi connectivity index (χ1) is 17.1. The Hall–Kier alpha value is -3.45. The Morgan fingerprint density at radius 3 is 2.57 bits per heavy atom. The Labute approximate surface area is 207 Å². The highest BCUT2D eigenvalue weighted by molar-refractivity contribution is 6.09. The summed E-state index contributed by atoms with van der Waals surface area (Å²) >= 11 is 0. The average Bonchev–Trinajstić information content (AvgIpc) is 3.01. The van der Waals surface area contributed by atoms with Crippen LogP contribution in [0.1, 0.15) is 47.2 Å². The summed E-state index contributed by atoms with van der Waals surface area (Å²) in [6, 6.07) is 19.3. The van der Waals surface area contributed by atoms with Crippen molar-refractivity contribution >= 4 is 23.4 Å². The summed E-state index contributed by atoms with van der Waals surface area (Å²) in [5, 5.41) is 3.14. The molecule has 1 amide bonds. The Balaban J connectivity index is 1.30. The van der Waals surface area contributed by atoms with Crippen LogP contribution in [0.4, 0.5) is 17.5 Å². The van der Waals surface area contributed by atoms with Crippen molar-refractivity contribution in [2.75, 3.05) is 54.9 Å². The zero-order valence-corrected chi connectivity index (χ0v) is 20.7. The second-order valence-corrected chi connectivity index (χ2v) is 9.47. The van der Waals surface area contributed by atoms with Crippen molar-refractivity contribution in [3.63, 3.8) is 0 Å². The predicted molar refractivity (Wildman–Crippen MR) is 141 cm³/mol. The maximum absolute atomic E-state index is 13.5. The third kappa shape index (κ3) is 5.15. The van der Waals surface area contributed by atoms with Crippen LogP contribution in [-0.2, 0) is 6.54 Å². The van der Waals surface area contributed by atoms with Gasteiger partial charge < -0.3 is 15.1 Å². The normalized spacial score (nSPS) is 17.3. The number of likely N-dealkylation sites (tertiary alicyclic amines) is 1. The van der Waals surface area contributed by atoms with Crippen molar-refractivity contribution < 1.29 is 4.79 Å². The molecule has 2 aliphatic heterocycles. The minimum absolute atomic E-state index is 0.0396. The molecule has 1 saturated heterocycles. The molecule has 7 nitrogen and oxygen atoms in total. The predicted octanol–water partition coefficient (Wildman–Crippen LogP) is 4.38. The maximum Gasteiger partial charge on any atom is 0.263 e. The van der Waals surface area contributed by atoms with Gasteiger partial charge in [0.05, 0.1) is 0 Å². The SMILES string of the molecule is CCNc1ncc2c(n1)N(C)CCN(c1cccc(C3CCN(Cc4ccccc4)CC3)c1)C2=O. The summed E-state index contributed by atoms with van der Waals surface area (Å²) in [7, 11) is 1.98. The van der Waals surface area contributed by atoms with Gasteiger partial charge >= 0.3 is 0 Å². The number of anilines is 3. The Bertz CT molecular complexity index is 1160. The first kappa shape index (κ1) is 23.3. The van der Waals surface area contributed by atoms with E-state index in [1.165, 1.54) is 11.1 Å². The van der Waals surface area contributed by atoms with E-state index in [0.29, 0.717) is 36.3 Å². The van der Waals surface area contributed by atoms with Gasteiger partial charge in [0.15, 0.2) is 0 Å². The minimum atomic E-state index is -0.0396. The minimum Gasteiger partial charge on any atom is -0.357 e. The molecule has 0 bridgehead atoms. The summed E-state index contributed by atoms with van der Waals surface area (Å²) in [5.41, 5.74) is 4.20. The summed E-state index contributed by atoms with van der Waals surface area (Å²) in [6.07, 6.45) is 3.93. The molecule has 1 aromatic heterocycles. The number of hydrogen-bond donors (Lipinski definition) is 1. The number of carbonyl (C=O) groups excluding carboxylic acids is 1. The third-order valence-electron chi connectivity index (χ3n) is 7.09. The number of rotatable bonds is 6. The maximum atomic E-state index is 13.5. The number of amides is 1. The lowest BCUT2D eigenvalue weighted by Crippen LogP contribution is -2.34. The molecule has 1 N–H and O–H groups in total. The number of benzene rings is 2. The van der Waals surface area contributed by atoms with Gasteiger partial charge in [-0.1, -0.05) is 42.5 Å². The summed E-state index contributed by atoms with van der Waals surface area (Å²) in [6.45, 7) is 7.27. The smallest absolute Gasteiger partial charge is 0.263 e. The first-order valence-corrected chi connectivity index (χ1v) is 12.6. The number of nitrogens with zero attached hydrogens (tertiary/aromatic N) is 5. The van der Waals surface area contributed by atoms with E-state index in [1.807, 2.05) is 29.8 Å². The van der Waals surface area contributed by atoms with E-state index in [0.717, 1.165) is 44.7 Å². The van der Waals surface area contributed by atoms with E-state index < -0.39 is 0 Å². The van der Waals surface area contributed by atoms with E-state index >= 15 is 0 Å². The van der Waals surface area contributed by atoms with Crippen molar-refractivity contribution in [1.29, 1.82) is 0 Å². The van der Waals surface area contributed by atoms with Gasteiger partial charge in [-0.25, -0.2) is 4.98 Å². The monoisotopic (exact) mass is 470 g/mol. The number of likely N-dealkylation sites (N-methyl/N-ethyl adjacent to an activating group) is 1. The molecule has 0 aliphatic carbocycles. The van der Waals surface area contributed by atoms with Gasteiger partial charge in [0.2, 0.25) is 5.95 Å². The number of nitrogens with one attached hydrogen (secondary N) is 1. The van der Waals surface area contributed by atoms with Crippen molar-refractivity contribution in [1.82, 2.24) is 14.9 Å². The second-order valence-electron chi connectivity index (χ2n) is 9.47. The van der Waals surface area contributed by atoms with E-state index in [9.17, 15) is 4.79 Å². The Morgan fingerprint density at radius 2 is 1.80 bits per heavy atom. The molecule has 0 atom stereocenters. The number of piperidine rings is 1. The molecule has 2 aliphatic rings. The van der Waals surface area contributed by atoms with Crippen LogP contribution < -0.4 is 15.1 Å². The van der Waals surface area contributed by atoms with Crippen LogP contribution in [0.15, 0.2) is 60.8 Å². The number of carbonyl (C=O) groups is 1. The lowest BCUT2D eigenvalue weighted by molar-refractivity contribution is 0.0989. The standard InChI is InChI=1S/C28H34N6O/c1-3-29-28-30-19-25-26(31-28)32(2)16-17-34(27(25)35)24-11-7-10-23(18-24)22-12-14-33(15-13-22)20-21-8-5-4-6-9-21/h4-11,18-19,22H,3,12-17,20H2,1-2H3,(H,29,30,31). The molecule has 35 heavy (non-hydrogen) atoms. The molecule has 5 rings (SSSR count). The van der Waals surface area contributed by atoms with Gasteiger partial charge in [0, 0.05) is 45.1 Å². The van der Waals surface area contributed by atoms with Crippen molar-refractivity contribution in [3.8, 4) is 0 Å². The van der Waals surface area contributed by atoms with Crippen LogP contribution in [0, 0.1) is 0 Å². The summed E-state index contributed by atoms with van der Waals surface area (Å²) in [5.74, 6) is 1.72. The van der Waals surface area contributed by atoms with E-state index in [-0.39, 0.29) is 5.91 Å². The summed E-state index contributed by atoms with van der Waals surface area (Å²) in [4.78, 5) is 29.0. The Morgan fingerprint density at radius 1 is 1.00 bits per heavy atom. The molecular weight excluding hydrogens is 436 g/mol. The highest BCUT2D eigenvalue weighted by Crippen LogP contribution is 2.32. The van der Waals surface area contributed by atoms with E-state index in [2.05, 4.69) is 68.7 Å². The fourth-order valence-electron chi connectivity index (χ4n) is 5.12. The molecule has 0 radical (unpaired) electrons. The fraction of sp³-hybridized carbons (Fsp3) is 0.393. The van der Waals surface area contributed by atoms with Crippen LogP contribution in [0.5, 0.6) is 0 Å². The molecular formula is C28H34N6O. The number of aromatic nitrogens is 2. The van der Waals surface area contributed by atoms with Crippen LogP contribution >= 0.6 is 0 Å². The molecule has 7 heteroatoms. The summed E-state index contributed by atoms with van der Waals surface area (Å²) < 4.78 is 0. The first-order valence-electron chi connectivity index (χ1n) is 12.6. The fourth-order valence-corrected chi connectivity index (χ4v) is 5.12. The zero-order valence-electron chi connectivity index (χ0n) is 20.7. The van der Waals surface area contributed by atoms with Gasteiger partial charge in [-0.3, -0.25) is 9.69 Å². The average molecular weight is 471 g/mol. The van der Waals surface area contributed by atoms with Crippen molar-refractivity contribution in [3.05, 3.63) is 77.5 Å².